The standard InChI is InChI=1S/C24H28N4O3/c1-17(2)23(19-9-10-21-22(13-19)31-12-11-30-21)26-24(29)27(3)15-18-14-25-28(16-18)20-7-5-4-6-8-20/h4-10,13-14,16-17,23H,11-12,15H2,1-3H3,(H,26,29)/t23-/m0/s1. The topological polar surface area (TPSA) is 68.6 Å². The molecule has 4 rings (SSSR count). The lowest BCUT2D eigenvalue weighted by Crippen LogP contribution is -2.40. The zero-order valence-electron chi connectivity index (χ0n) is 18.1. The maximum absolute atomic E-state index is 12.9. The summed E-state index contributed by atoms with van der Waals surface area (Å²) in [5.41, 5.74) is 2.94. The van der Waals surface area contributed by atoms with Crippen LogP contribution >= 0.6 is 0 Å². The van der Waals surface area contributed by atoms with Gasteiger partial charge in [0.1, 0.15) is 13.2 Å². The molecule has 0 spiro atoms. The molecule has 0 saturated heterocycles. The molecule has 2 heterocycles. The van der Waals surface area contributed by atoms with Gasteiger partial charge in [0.15, 0.2) is 11.5 Å². The van der Waals surface area contributed by atoms with Crippen LogP contribution in [-0.4, -0.2) is 41.0 Å². The third-order valence-electron chi connectivity index (χ3n) is 5.29. The molecule has 2 amide bonds. The molecular weight excluding hydrogens is 392 g/mol. The van der Waals surface area contributed by atoms with Gasteiger partial charge in [-0.25, -0.2) is 9.48 Å². The Morgan fingerprint density at radius 1 is 1.13 bits per heavy atom. The summed E-state index contributed by atoms with van der Waals surface area (Å²) in [7, 11) is 1.79. The Morgan fingerprint density at radius 2 is 1.87 bits per heavy atom. The van der Waals surface area contributed by atoms with Crippen molar-refractivity contribution < 1.29 is 14.3 Å². The van der Waals surface area contributed by atoms with Crippen molar-refractivity contribution in [3.05, 3.63) is 72.1 Å². The number of urea groups is 1. The van der Waals surface area contributed by atoms with E-state index in [4.69, 9.17) is 9.47 Å². The normalized spacial score (nSPS) is 13.7. The molecule has 1 aliphatic heterocycles. The molecule has 0 saturated carbocycles. The molecule has 31 heavy (non-hydrogen) atoms. The summed E-state index contributed by atoms with van der Waals surface area (Å²) >= 11 is 0. The minimum absolute atomic E-state index is 0.138. The van der Waals surface area contributed by atoms with Crippen molar-refractivity contribution in [2.45, 2.75) is 26.4 Å². The first-order valence-corrected chi connectivity index (χ1v) is 10.5. The molecule has 162 valence electrons. The van der Waals surface area contributed by atoms with Crippen molar-refractivity contribution in [2.24, 2.45) is 5.92 Å². The molecule has 0 unspecified atom stereocenters. The highest BCUT2D eigenvalue weighted by atomic mass is 16.6. The summed E-state index contributed by atoms with van der Waals surface area (Å²) in [6.45, 7) is 5.73. The van der Waals surface area contributed by atoms with Gasteiger partial charge in [0.2, 0.25) is 0 Å². The smallest absolute Gasteiger partial charge is 0.317 e. The van der Waals surface area contributed by atoms with E-state index in [0.29, 0.717) is 19.8 Å². The third kappa shape index (κ3) is 4.82. The Balaban J connectivity index is 1.43. The lowest BCUT2D eigenvalue weighted by molar-refractivity contribution is 0.171. The van der Waals surface area contributed by atoms with Crippen LogP contribution in [-0.2, 0) is 6.54 Å². The van der Waals surface area contributed by atoms with Crippen molar-refractivity contribution in [3.8, 4) is 17.2 Å². The van der Waals surface area contributed by atoms with Crippen LogP contribution in [0.4, 0.5) is 4.79 Å². The molecule has 0 bridgehead atoms. The lowest BCUT2D eigenvalue weighted by atomic mass is 9.95. The molecule has 0 radical (unpaired) electrons. The minimum atomic E-state index is -0.141. The van der Waals surface area contributed by atoms with Crippen LogP contribution in [0.2, 0.25) is 0 Å². The van der Waals surface area contributed by atoms with Crippen LogP contribution in [0.15, 0.2) is 60.9 Å². The van der Waals surface area contributed by atoms with Crippen molar-refractivity contribution in [1.29, 1.82) is 0 Å². The zero-order valence-corrected chi connectivity index (χ0v) is 18.1. The van der Waals surface area contributed by atoms with Gasteiger partial charge in [0.05, 0.1) is 24.5 Å². The number of ether oxygens (including phenoxy) is 2. The molecule has 7 nitrogen and oxygen atoms in total. The van der Waals surface area contributed by atoms with Gasteiger partial charge in [-0.2, -0.15) is 5.10 Å². The predicted octanol–water partition coefficient (Wildman–Crippen LogP) is 4.18. The second-order valence-corrected chi connectivity index (χ2v) is 8.06. The number of fused-ring (bicyclic) bond motifs is 1. The van der Waals surface area contributed by atoms with Crippen molar-refractivity contribution in [2.75, 3.05) is 20.3 Å². The number of nitrogens with zero attached hydrogens (tertiary/aromatic N) is 3. The Hall–Kier alpha value is -3.48. The fourth-order valence-electron chi connectivity index (χ4n) is 3.64. The second kappa shape index (κ2) is 9.12. The van der Waals surface area contributed by atoms with E-state index in [9.17, 15) is 4.79 Å². The van der Waals surface area contributed by atoms with E-state index in [-0.39, 0.29) is 18.0 Å². The Labute approximate surface area is 182 Å². The van der Waals surface area contributed by atoms with Crippen molar-refractivity contribution in [1.82, 2.24) is 20.0 Å². The van der Waals surface area contributed by atoms with Crippen molar-refractivity contribution >= 4 is 6.03 Å². The zero-order chi connectivity index (χ0) is 21.8. The van der Waals surface area contributed by atoms with Crippen LogP contribution in [0.3, 0.4) is 0 Å². The summed E-state index contributed by atoms with van der Waals surface area (Å²) in [4.78, 5) is 14.6. The Kier molecular flexibility index (Phi) is 6.11. The minimum Gasteiger partial charge on any atom is -0.486 e. The molecule has 2 aromatic carbocycles. The average molecular weight is 421 g/mol. The fraction of sp³-hybridized carbons (Fsp3) is 0.333. The van der Waals surface area contributed by atoms with Gasteiger partial charge < -0.3 is 19.7 Å². The summed E-state index contributed by atoms with van der Waals surface area (Å²) in [5, 5.41) is 7.57. The number of rotatable bonds is 6. The van der Waals surface area contributed by atoms with E-state index < -0.39 is 0 Å². The first-order chi connectivity index (χ1) is 15.0. The molecule has 1 N–H and O–H groups in total. The van der Waals surface area contributed by atoms with E-state index in [1.54, 1.807) is 18.1 Å². The number of benzene rings is 2. The Morgan fingerprint density at radius 3 is 2.61 bits per heavy atom. The number of hydrogen-bond donors (Lipinski definition) is 1. The van der Waals surface area contributed by atoms with Crippen LogP contribution in [0.1, 0.15) is 31.0 Å². The maximum atomic E-state index is 12.9. The van der Waals surface area contributed by atoms with Gasteiger partial charge in [-0.1, -0.05) is 38.1 Å². The number of amides is 2. The van der Waals surface area contributed by atoms with E-state index in [1.807, 2.05) is 59.4 Å². The average Bonchev–Trinajstić information content (AvgIpc) is 3.25. The number of carbonyl (C=O) groups is 1. The van der Waals surface area contributed by atoms with Gasteiger partial charge in [-0.15, -0.1) is 0 Å². The number of nitrogens with one attached hydrogen (secondary N) is 1. The molecular formula is C24H28N4O3. The SMILES string of the molecule is CC(C)[C@H](NC(=O)N(C)Cc1cnn(-c2ccccc2)c1)c1ccc2c(c1)OCCO2. The highest BCUT2D eigenvalue weighted by Crippen LogP contribution is 2.34. The second-order valence-electron chi connectivity index (χ2n) is 8.06. The monoisotopic (exact) mass is 420 g/mol. The summed E-state index contributed by atoms with van der Waals surface area (Å²) < 4.78 is 13.1. The van der Waals surface area contributed by atoms with Gasteiger partial charge in [0, 0.05) is 18.8 Å². The van der Waals surface area contributed by atoms with Crippen LogP contribution in [0.5, 0.6) is 11.5 Å². The molecule has 0 aliphatic carbocycles. The first-order valence-electron chi connectivity index (χ1n) is 10.5. The van der Waals surface area contributed by atoms with E-state index in [2.05, 4.69) is 24.3 Å². The van der Waals surface area contributed by atoms with E-state index >= 15 is 0 Å². The highest BCUT2D eigenvalue weighted by Gasteiger charge is 2.23. The molecule has 1 aliphatic rings. The van der Waals surface area contributed by atoms with Gasteiger partial charge >= 0.3 is 6.03 Å². The summed E-state index contributed by atoms with van der Waals surface area (Å²) in [5.74, 6) is 1.68. The maximum Gasteiger partial charge on any atom is 0.317 e. The van der Waals surface area contributed by atoms with E-state index in [1.165, 1.54) is 0 Å². The van der Waals surface area contributed by atoms with Crippen LogP contribution < -0.4 is 14.8 Å². The molecule has 3 aromatic rings. The first kappa shape index (κ1) is 20.8. The third-order valence-corrected chi connectivity index (χ3v) is 5.29. The fourth-order valence-corrected chi connectivity index (χ4v) is 3.64. The summed E-state index contributed by atoms with van der Waals surface area (Å²) in [6.07, 6.45) is 3.73. The number of hydrogen-bond acceptors (Lipinski definition) is 4. The molecule has 0 fully saturated rings. The van der Waals surface area contributed by atoms with Crippen LogP contribution in [0.25, 0.3) is 5.69 Å². The lowest BCUT2D eigenvalue weighted by Gasteiger charge is -2.27. The number of aromatic nitrogens is 2. The van der Waals surface area contributed by atoms with Gasteiger partial charge in [0.25, 0.3) is 0 Å². The molecule has 1 atom stereocenters. The highest BCUT2D eigenvalue weighted by molar-refractivity contribution is 5.74. The van der Waals surface area contributed by atoms with Gasteiger partial charge in [-0.3, -0.25) is 0 Å². The van der Waals surface area contributed by atoms with Crippen molar-refractivity contribution in [3.63, 3.8) is 0 Å². The van der Waals surface area contributed by atoms with E-state index in [0.717, 1.165) is 28.3 Å². The van der Waals surface area contributed by atoms with Gasteiger partial charge in [-0.05, 0) is 35.7 Å². The molecule has 7 heteroatoms. The molecule has 1 aromatic heterocycles. The summed E-state index contributed by atoms with van der Waals surface area (Å²) in [6, 6.07) is 15.5. The number of carbonyl (C=O) groups excluding carboxylic acids is 1. The Bertz CT molecular complexity index is 1030. The largest absolute Gasteiger partial charge is 0.486 e. The quantitative estimate of drug-likeness (QED) is 0.650. The van der Waals surface area contributed by atoms with Crippen LogP contribution in [0, 0.1) is 5.92 Å². The number of para-hydroxylation sites is 1. The predicted molar refractivity (Wildman–Crippen MR) is 119 cm³/mol.